The van der Waals surface area contributed by atoms with Crippen molar-refractivity contribution in [3.63, 3.8) is 0 Å². The van der Waals surface area contributed by atoms with Gasteiger partial charge in [-0.1, -0.05) is 37.5 Å². The van der Waals surface area contributed by atoms with Crippen LogP contribution in [0.25, 0.3) is 0 Å². The van der Waals surface area contributed by atoms with Gasteiger partial charge >= 0.3 is 0 Å². The van der Waals surface area contributed by atoms with Crippen LogP contribution < -0.4 is 0 Å². The smallest absolute Gasteiger partial charge is 0.211 e. The van der Waals surface area contributed by atoms with Gasteiger partial charge in [0.1, 0.15) is 0 Å². The van der Waals surface area contributed by atoms with Gasteiger partial charge in [0.15, 0.2) is 0 Å². The second-order valence-electron chi connectivity index (χ2n) is 5.78. The highest BCUT2D eigenvalue weighted by molar-refractivity contribution is 5.57. The molecule has 0 aliphatic heterocycles. The number of hydrogen-bond acceptors (Lipinski definition) is 4. The van der Waals surface area contributed by atoms with Crippen molar-refractivity contribution in [3.8, 4) is 0 Å². The summed E-state index contributed by atoms with van der Waals surface area (Å²) in [6, 6.07) is 5.68. The van der Waals surface area contributed by atoms with E-state index in [2.05, 4.69) is 16.6 Å². The van der Waals surface area contributed by atoms with Crippen LogP contribution in [0.5, 0.6) is 0 Å². The summed E-state index contributed by atoms with van der Waals surface area (Å²) in [6.45, 7) is 3.77. The monoisotopic (exact) mass is 296 g/mol. The van der Waals surface area contributed by atoms with Gasteiger partial charge < -0.3 is 0 Å². The number of carbonyl (C=O) groups excluding carboxylic acids is 2. The van der Waals surface area contributed by atoms with Crippen LogP contribution in [0.2, 0.25) is 0 Å². The van der Waals surface area contributed by atoms with Gasteiger partial charge in [-0.25, -0.2) is 9.59 Å². The predicted octanol–water partition coefficient (Wildman–Crippen LogP) is 3.96. The maximum atomic E-state index is 10.9. The normalized spacial score (nSPS) is 16.2. The summed E-state index contributed by atoms with van der Waals surface area (Å²) < 4.78 is 0. The van der Waals surface area contributed by atoms with Crippen LogP contribution in [0.15, 0.2) is 40.8 Å². The molecule has 1 aromatic rings. The minimum absolute atomic E-state index is 0.362. The lowest BCUT2D eigenvalue weighted by Gasteiger charge is -2.33. The van der Waals surface area contributed by atoms with Gasteiger partial charge in [-0.05, 0) is 42.9 Å². The minimum Gasteiger partial charge on any atom is -0.211 e. The molecular formula is C18H20N2O2. The quantitative estimate of drug-likeness (QED) is 0.453. The Labute approximate surface area is 130 Å². The van der Waals surface area contributed by atoms with E-state index in [1.165, 1.54) is 6.42 Å². The van der Waals surface area contributed by atoms with Crippen molar-refractivity contribution in [2.45, 2.75) is 50.5 Å². The van der Waals surface area contributed by atoms with E-state index in [1.807, 2.05) is 12.1 Å². The zero-order valence-corrected chi connectivity index (χ0v) is 12.7. The van der Waals surface area contributed by atoms with E-state index >= 15 is 0 Å². The highest BCUT2D eigenvalue weighted by atomic mass is 16.1. The van der Waals surface area contributed by atoms with E-state index in [4.69, 9.17) is 0 Å². The molecule has 0 radical (unpaired) electrons. The molecule has 1 aliphatic rings. The molecule has 0 saturated heterocycles. The van der Waals surface area contributed by atoms with E-state index in [9.17, 15) is 9.59 Å². The largest absolute Gasteiger partial charge is 0.240 e. The van der Waals surface area contributed by atoms with E-state index in [0.717, 1.165) is 36.8 Å². The average Bonchev–Trinajstić information content (AvgIpc) is 2.52. The van der Waals surface area contributed by atoms with Gasteiger partial charge in [0.05, 0.1) is 11.2 Å². The number of isocyanates is 2. The lowest BCUT2D eigenvalue weighted by Crippen LogP contribution is -2.32. The molecule has 114 valence electrons. The van der Waals surface area contributed by atoms with Crippen molar-refractivity contribution in [3.05, 3.63) is 42.0 Å². The van der Waals surface area contributed by atoms with Gasteiger partial charge in [0.25, 0.3) is 0 Å². The Kier molecular flexibility index (Phi) is 5.60. The molecule has 22 heavy (non-hydrogen) atoms. The van der Waals surface area contributed by atoms with Crippen molar-refractivity contribution in [2.24, 2.45) is 9.98 Å². The van der Waals surface area contributed by atoms with E-state index < -0.39 is 0 Å². The molecule has 2 rings (SSSR count). The summed E-state index contributed by atoms with van der Waals surface area (Å²) >= 11 is 0. The number of nitrogens with zero attached hydrogens (tertiary/aromatic N) is 2. The lowest BCUT2D eigenvalue weighted by atomic mass is 9.77. The molecule has 0 N–H and O–H groups in total. The Morgan fingerprint density at radius 1 is 1.18 bits per heavy atom. The molecular weight excluding hydrogens is 276 g/mol. The highest BCUT2D eigenvalue weighted by Crippen LogP contribution is 2.36. The molecule has 1 aliphatic carbocycles. The molecule has 0 spiro atoms. The first-order valence-corrected chi connectivity index (χ1v) is 7.63. The summed E-state index contributed by atoms with van der Waals surface area (Å²) in [4.78, 5) is 29.4. The van der Waals surface area contributed by atoms with Crippen molar-refractivity contribution in [2.75, 3.05) is 0 Å². The van der Waals surface area contributed by atoms with Crippen LogP contribution >= 0.6 is 0 Å². The number of rotatable bonds is 6. The Hall–Kier alpha value is -2.28. The molecule has 0 heterocycles. The maximum Gasteiger partial charge on any atom is 0.240 e. The molecule has 4 nitrogen and oxygen atoms in total. The first-order valence-electron chi connectivity index (χ1n) is 7.63. The summed E-state index contributed by atoms with van der Waals surface area (Å²) in [5.74, 6) is 0. The number of benzene rings is 1. The third-order valence-electron chi connectivity index (χ3n) is 4.35. The first-order chi connectivity index (χ1) is 10.7. The number of allylic oxidation sites excluding steroid dienone is 1. The standard InChI is InChI=1S/C18H20N2O2/c1-2-7-16-15(8-6-9-17(16)19-13-21)12-18(20-14-22)10-4-3-5-11-18/h2,6,8-9H,1,3-5,7,10-12H2. The van der Waals surface area contributed by atoms with E-state index in [-0.39, 0.29) is 5.54 Å². The Balaban J connectivity index is 2.42. The second-order valence-corrected chi connectivity index (χ2v) is 5.78. The second kappa shape index (κ2) is 7.65. The van der Waals surface area contributed by atoms with Crippen LogP contribution in [0, 0.1) is 0 Å². The lowest BCUT2D eigenvalue weighted by molar-refractivity contribution is 0.295. The van der Waals surface area contributed by atoms with Crippen molar-refractivity contribution in [1.82, 2.24) is 0 Å². The Morgan fingerprint density at radius 2 is 1.95 bits per heavy atom. The topological polar surface area (TPSA) is 58.9 Å². The summed E-state index contributed by atoms with van der Waals surface area (Å²) in [7, 11) is 0. The van der Waals surface area contributed by atoms with Crippen molar-refractivity contribution < 1.29 is 9.59 Å². The molecule has 1 fully saturated rings. The molecule has 0 unspecified atom stereocenters. The maximum absolute atomic E-state index is 10.9. The fourth-order valence-corrected chi connectivity index (χ4v) is 3.31. The molecule has 0 aromatic heterocycles. The van der Waals surface area contributed by atoms with Crippen LogP contribution in [-0.4, -0.2) is 17.7 Å². The third-order valence-corrected chi connectivity index (χ3v) is 4.35. The number of hydrogen-bond donors (Lipinski definition) is 0. The molecule has 0 bridgehead atoms. The van der Waals surface area contributed by atoms with Gasteiger partial charge in [0, 0.05) is 0 Å². The van der Waals surface area contributed by atoms with Crippen molar-refractivity contribution >= 4 is 17.8 Å². The third kappa shape index (κ3) is 3.67. The van der Waals surface area contributed by atoms with Gasteiger partial charge in [-0.2, -0.15) is 9.98 Å². The fraction of sp³-hybridized carbons (Fsp3) is 0.444. The molecule has 0 amide bonds. The highest BCUT2D eigenvalue weighted by Gasteiger charge is 2.32. The zero-order valence-electron chi connectivity index (χ0n) is 12.7. The molecule has 1 saturated carbocycles. The summed E-state index contributed by atoms with van der Waals surface area (Å²) in [6.07, 6.45) is 11.6. The van der Waals surface area contributed by atoms with Crippen molar-refractivity contribution in [1.29, 1.82) is 0 Å². The van der Waals surface area contributed by atoms with E-state index in [0.29, 0.717) is 18.5 Å². The van der Waals surface area contributed by atoms with Crippen LogP contribution in [0.1, 0.15) is 43.2 Å². The van der Waals surface area contributed by atoms with Crippen LogP contribution in [0.3, 0.4) is 0 Å². The molecule has 0 atom stereocenters. The van der Waals surface area contributed by atoms with Gasteiger partial charge in [-0.3, -0.25) is 0 Å². The van der Waals surface area contributed by atoms with E-state index in [1.54, 1.807) is 24.3 Å². The molecule has 1 aromatic carbocycles. The number of aliphatic imine (C=N–C) groups is 2. The Morgan fingerprint density at radius 3 is 2.59 bits per heavy atom. The first kappa shape index (κ1) is 16.1. The minimum atomic E-state index is -0.362. The Bertz CT molecular complexity index is 632. The van der Waals surface area contributed by atoms with Gasteiger partial charge in [-0.15, -0.1) is 6.58 Å². The fourth-order valence-electron chi connectivity index (χ4n) is 3.31. The predicted molar refractivity (Wildman–Crippen MR) is 85.8 cm³/mol. The SMILES string of the molecule is C=CCc1c(CC2(N=C=O)CCCCC2)cccc1N=C=O. The molecule has 4 heteroatoms. The van der Waals surface area contributed by atoms with Gasteiger partial charge in [0.2, 0.25) is 12.2 Å². The zero-order chi connectivity index (χ0) is 15.8. The van der Waals surface area contributed by atoms with Crippen LogP contribution in [0.4, 0.5) is 5.69 Å². The summed E-state index contributed by atoms with van der Waals surface area (Å²) in [5, 5.41) is 0. The van der Waals surface area contributed by atoms with Crippen LogP contribution in [-0.2, 0) is 22.4 Å². The average molecular weight is 296 g/mol. The summed E-state index contributed by atoms with van der Waals surface area (Å²) in [5.41, 5.74) is 2.29.